The van der Waals surface area contributed by atoms with Crippen molar-refractivity contribution in [2.24, 2.45) is 0 Å². The summed E-state index contributed by atoms with van der Waals surface area (Å²) in [6.07, 6.45) is 5.62. The van der Waals surface area contributed by atoms with E-state index in [0.29, 0.717) is 13.1 Å². The zero-order chi connectivity index (χ0) is 18.7. The topological polar surface area (TPSA) is 84.3 Å². The first-order valence-electron chi connectivity index (χ1n) is 8.76. The molecule has 0 spiro atoms. The van der Waals surface area contributed by atoms with Gasteiger partial charge in [0.1, 0.15) is 6.54 Å². The smallest absolute Gasteiger partial charge is 0.262 e. The second-order valence-corrected chi connectivity index (χ2v) is 8.55. The molecule has 2 heterocycles. The molecular weight excluding hydrogens is 352 g/mol. The van der Waals surface area contributed by atoms with Gasteiger partial charge in [0.15, 0.2) is 5.03 Å². The van der Waals surface area contributed by atoms with Gasteiger partial charge in [-0.3, -0.25) is 4.79 Å². The minimum Gasteiger partial charge on any atom is -0.327 e. The van der Waals surface area contributed by atoms with E-state index in [-0.39, 0.29) is 17.5 Å². The normalized spacial score (nSPS) is 15.8. The van der Waals surface area contributed by atoms with E-state index in [9.17, 15) is 13.2 Å². The number of hydrogen-bond donors (Lipinski definition) is 1. The van der Waals surface area contributed by atoms with Crippen LogP contribution in [0.25, 0.3) is 0 Å². The van der Waals surface area contributed by atoms with Crippen molar-refractivity contribution in [2.45, 2.75) is 44.7 Å². The third-order valence-corrected chi connectivity index (χ3v) is 6.38. The van der Waals surface area contributed by atoms with Gasteiger partial charge >= 0.3 is 0 Å². The molecule has 1 saturated heterocycles. The molecule has 1 aliphatic heterocycles. The summed E-state index contributed by atoms with van der Waals surface area (Å²) in [5, 5.41) is 2.89. The number of hydrogen-bond acceptors (Lipinski definition) is 4. The highest BCUT2D eigenvalue weighted by Gasteiger charge is 2.28. The first kappa shape index (κ1) is 18.6. The molecule has 1 N–H and O–H groups in total. The summed E-state index contributed by atoms with van der Waals surface area (Å²) in [7, 11) is -3.58. The van der Waals surface area contributed by atoms with Crippen molar-refractivity contribution in [1.82, 2.24) is 13.9 Å². The van der Waals surface area contributed by atoms with Gasteiger partial charge in [-0.1, -0.05) is 24.6 Å². The van der Waals surface area contributed by atoms with Crippen molar-refractivity contribution in [1.29, 1.82) is 0 Å². The molecular formula is C18H24N4O3S. The van der Waals surface area contributed by atoms with E-state index >= 15 is 0 Å². The molecule has 0 unspecified atom stereocenters. The lowest BCUT2D eigenvalue weighted by molar-refractivity contribution is -0.116. The maximum atomic E-state index is 12.6. The second-order valence-electron chi connectivity index (χ2n) is 6.66. The Morgan fingerprint density at radius 1 is 1.15 bits per heavy atom. The van der Waals surface area contributed by atoms with Crippen LogP contribution in [0.15, 0.2) is 35.7 Å². The van der Waals surface area contributed by atoms with Gasteiger partial charge < -0.3 is 9.88 Å². The predicted molar refractivity (Wildman–Crippen MR) is 99.4 cm³/mol. The fourth-order valence-corrected chi connectivity index (χ4v) is 4.61. The van der Waals surface area contributed by atoms with Crippen molar-refractivity contribution < 1.29 is 13.2 Å². The van der Waals surface area contributed by atoms with E-state index in [0.717, 1.165) is 36.1 Å². The van der Waals surface area contributed by atoms with Crippen molar-refractivity contribution in [3.63, 3.8) is 0 Å². The van der Waals surface area contributed by atoms with Crippen LogP contribution in [0.1, 0.15) is 30.4 Å². The maximum Gasteiger partial charge on any atom is 0.262 e. The van der Waals surface area contributed by atoms with E-state index in [4.69, 9.17) is 0 Å². The Kier molecular flexibility index (Phi) is 5.43. The fourth-order valence-electron chi connectivity index (χ4n) is 3.15. The zero-order valence-corrected chi connectivity index (χ0v) is 15.9. The van der Waals surface area contributed by atoms with Gasteiger partial charge in [0.05, 0.1) is 6.33 Å². The van der Waals surface area contributed by atoms with Crippen LogP contribution in [0.4, 0.5) is 5.69 Å². The fraction of sp³-hybridized carbons (Fsp3) is 0.444. The number of carbonyl (C=O) groups excluding carboxylic acids is 1. The van der Waals surface area contributed by atoms with Crippen LogP contribution in [-0.2, 0) is 21.4 Å². The van der Waals surface area contributed by atoms with Crippen LogP contribution in [0.2, 0.25) is 0 Å². The molecule has 0 aliphatic carbocycles. The molecule has 2 aromatic rings. The summed E-state index contributed by atoms with van der Waals surface area (Å²) in [4.78, 5) is 16.3. The number of rotatable bonds is 5. The Bertz CT molecular complexity index is 879. The Labute approximate surface area is 154 Å². The zero-order valence-electron chi connectivity index (χ0n) is 15.1. The van der Waals surface area contributed by atoms with E-state index in [2.05, 4.69) is 10.3 Å². The molecule has 3 rings (SSSR count). The summed E-state index contributed by atoms with van der Waals surface area (Å²) in [6, 6.07) is 5.81. The van der Waals surface area contributed by atoms with Crippen LogP contribution in [-0.4, -0.2) is 41.3 Å². The molecule has 1 aromatic carbocycles. The van der Waals surface area contributed by atoms with Crippen molar-refractivity contribution in [3.8, 4) is 0 Å². The van der Waals surface area contributed by atoms with Gasteiger partial charge in [0, 0.05) is 25.0 Å². The molecule has 0 radical (unpaired) electrons. The molecule has 8 heteroatoms. The van der Waals surface area contributed by atoms with Gasteiger partial charge in [-0.25, -0.2) is 13.4 Å². The number of amides is 1. The quantitative estimate of drug-likeness (QED) is 0.868. The number of nitrogens with zero attached hydrogens (tertiary/aromatic N) is 3. The Balaban J connectivity index is 1.69. The number of para-hydroxylation sites is 1. The molecule has 7 nitrogen and oxygen atoms in total. The molecule has 140 valence electrons. The molecule has 0 atom stereocenters. The van der Waals surface area contributed by atoms with Gasteiger partial charge in [0.2, 0.25) is 5.91 Å². The molecule has 1 amide bonds. The summed E-state index contributed by atoms with van der Waals surface area (Å²) >= 11 is 0. The number of piperidine rings is 1. The Hall–Kier alpha value is -2.19. The summed E-state index contributed by atoms with van der Waals surface area (Å²) in [5.41, 5.74) is 2.76. The molecule has 0 saturated carbocycles. The predicted octanol–water partition coefficient (Wildman–Crippen LogP) is 2.31. The minimum atomic E-state index is -3.58. The maximum absolute atomic E-state index is 12.6. The lowest BCUT2D eigenvalue weighted by Crippen LogP contribution is -2.35. The van der Waals surface area contributed by atoms with Gasteiger partial charge in [-0.2, -0.15) is 4.31 Å². The monoisotopic (exact) mass is 376 g/mol. The van der Waals surface area contributed by atoms with E-state index in [1.54, 1.807) is 0 Å². The van der Waals surface area contributed by atoms with Crippen molar-refractivity contribution >= 4 is 21.6 Å². The van der Waals surface area contributed by atoms with Crippen LogP contribution in [0.3, 0.4) is 0 Å². The Morgan fingerprint density at radius 2 is 1.81 bits per heavy atom. The van der Waals surface area contributed by atoms with Crippen LogP contribution < -0.4 is 5.32 Å². The van der Waals surface area contributed by atoms with Crippen molar-refractivity contribution in [2.75, 3.05) is 18.4 Å². The lowest BCUT2D eigenvalue weighted by atomic mass is 10.1. The Morgan fingerprint density at radius 3 is 2.46 bits per heavy atom. The number of benzene rings is 1. The van der Waals surface area contributed by atoms with E-state index in [1.165, 1.54) is 21.4 Å². The average molecular weight is 376 g/mol. The summed E-state index contributed by atoms with van der Waals surface area (Å²) < 4.78 is 28.2. The molecule has 1 fully saturated rings. The number of carbonyl (C=O) groups is 1. The lowest BCUT2D eigenvalue weighted by Gasteiger charge is -2.24. The number of aryl methyl sites for hydroxylation is 2. The first-order chi connectivity index (χ1) is 12.4. The van der Waals surface area contributed by atoms with E-state index < -0.39 is 10.0 Å². The number of sulfonamides is 1. The SMILES string of the molecule is Cc1cccc(C)c1NC(=O)Cn1cnc(S(=O)(=O)N2CCCCC2)c1. The molecule has 26 heavy (non-hydrogen) atoms. The highest BCUT2D eigenvalue weighted by Crippen LogP contribution is 2.20. The second kappa shape index (κ2) is 7.59. The number of aromatic nitrogens is 2. The van der Waals surface area contributed by atoms with E-state index in [1.807, 2.05) is 32.0 Å². The minimum absolute atomic E-state index is 0.000674. The van der Waals surface area contributed by atoms with Gasteiger partial charge in [-0.15, -0.1) is 0 Å². The molecule has 1 aromatic heterocycles. The number of nitrogens with one attached hydrogen (secondary N) is 1. The first-order valence-corrected chi connectivity index (χ1v) is 10.2. The molecule has 1 aliphatic rings. The third kappa shape index (κ3) is 3.96. The van der Waals surface area contributed by atoms with Gasteiger partial charge in [0.25, 0.3) is 10.0 Å². The van der Waals surface area contributed by atoms with Crippen molar-refractivity contribution in [3.05, 3.63) is 41.9 Å². The largest absolute Gasteiger partial charge is 0.327 e. The van der Waals surface area contributed by atoms with Gasteiger partial charge in [-0.05, 0) is 37.8 Å². The standard InChI is InChI=1S/C18H24N4O3S/c1-14-7-6-8-15(2)18(14)20-16(23)11-21-12-17(19-13-21)26(24,25)22-9-4-3-5-10-22/h6-8,12-13H,3-5,9-11H2,1-2H3,(H,20,23). The van der Waals surface area contributed by atoms with Crippen LogP contribution in [0, 0.1) is 13.8 Å². The third-order valence-electron chi connectivity index (χ3n) is 4.60. The molecule has 0 bridgehead atoms. The summed E-state index contributed by atoms with van der Waals surface area (Å²) in [6.45, 7) is 4.94. The number of imidazole rings is 1. The summed E-state index contributed by atoms with van der Waals surface area (Å²) in [5.74, 6) is -0.221. The van der Waals surface area contributed by atoms with Crippen LogP contribution in [0.5, 0.6) is 0 Å². The van der Waals surface area contributed by atoms with Crippen LogP contribution >= 0.6 is 0 Å². The highest BCUT2D eigenvalue weighted by atomic mass is 32.2. The number of anilines is 1. The highest BCUT2D eigenvalue weighted by molar-refractivity contribution is 7.89. The average Bonchev–Trinajstić information content (AvgIpc) is 3.08.